The fourth-order valence-electron chi connectivity index (χ4n) is 14.8. The molecule has 11 aliphatic heterocycles. The Hall–Kier alpha value is -1.95. The third-order valence-corrected chi connectivity index (χ3v) is 20.6. The number of carbonyl (C=O) groups excluding carboxylic acids is 1. The first-order valence-electron chi connectivity index (χ1n) is 26.9. The van der Waals surface area contributed by atoms with Gasteiger partial charge in [0.2, 0.25) is 0 Å². The fraction of sp³-hybridized carbons (Fsp3) is 0.887. The number of aliphatic carboxylic acids is 1. The maximum Gasteiger partial charge on any atom is 0.331 e. The van der Waals surface area contributed by atoms with Crippen LogP contribution in [0, 0.1) is 11.8 Å². The van der Waals surface area contributed by atoms with Crippen molar-refractivity contribution in [1.29, 1.82) is 0 Å². The molecule has 11 rings (SSSR count). The summed E-state index contributed by atoms with van der Waals surface area (Å²) >= 11 is 0. The molecular weight excluding hydrogens is 955 g/mol. The summed E-state index contributed by atoms with van der Waals surface area (Å²) in [5, 5.41) is 31.0. The van der Waals surface area contributed by atoms with Crippen molar-refractivity contribution in [3.8, 4) is 0 Å². The van der Waals surface area contributed by atoms with Crippen molar-refractivity contribution in [2.75, 3.05) is 18.1 Å². The van der Waals surface area contributed by atoms with E-state index in [1.165, 1.54) is 6.08 Å². The second-order valence-electron chi connectivity index (χ2n) is 24.7. The molecular formula is C53H79NO17S. The molecule has 0 radical (unpaired) electrons. The standard InChI is InChI=1S/C53H79NO17S/c1-26-13-33-38(21-51(5)40(64-33)19-37-47(70-51)27(2)14-45(57)66-37)63-32-10-12-50(4)41(67-46(26)32)20-42-52(6,71-50)22-44-49(3,69-42)11-8-9-31-34(65-44)17-36-35(62-31)18-43-53(7,68-36)39(56)16-29(61-43)15-28(23-55)24-72(60)25-30(54)48(58)59/h8-9,14,26,28-44,46-47,55-56H,10-13,15-25,54H2,1-7H3,(H,58,59)/b9-8-. The molecule has 19 heteroatoms. The Morgan fingerprint density at radius 2 is 1.51 bits per heavy atom. The van der Waals surface area contributed by atoms with Crippen LogP contribution in [0.5, 0.6) is 0 Å². The number of carboxylic acids is 1. The zero-order chi connectivity index (χ0) is 50.9. The number of hydrogen-bond donors (Lipinski definition) is 4. The van der Waals surface area contributed by atoms with Crippen LogP contribution in [0.3, 0.4) is 0 Å². The van der Waals surface area contributed by atoms with Gasteiger partial charge in [0.05, 0.1) is 108 Å². The van der Waals surface area contributed by atoms with Gasteiger partial charge in [-0.2, -0.15) is 0 Å². The Morgan fingerprint density at radius 1 is 0.764 bits per heavy atom. The first-order chi connectivity index (χ1) is 34.1. The van der Waals surface area contributed by atoms with Crippen molar-refractivity contribution in [2.45, 2.75) is 263 Å². The first kappa shape index (κ1) is 52.1. The largest absolute Gasteiger partial charge is 0.480 e. The van der Waals surface area contributed by atoms with E-state index in [1.807, 2.05) is 13.8 Å². The Labute approximate surface area is 425 Å². The summed E-state index contributed by atoms with van der Waals surface area (Å²) in [6, 6.07) is -1.25. The van der Waals surface area contributed by atoms with Crippen LogP contribution in [0.25, 0.3) is 0 Å². The molecule has 0 aliphatic carbocycles. The maximum absolute atomic E-state index is 12.7. The molecule has 0 aromatic rings. The van der Waals surface area contributed by atoms with Gasteiger partial charge in [0, 0.05) is 79.9 Å². The maximum atomic E-state index is 12.7. The molecule has 9 fully saturated rings. The van der Waals surface area contributed by atoms with Gasteiger partial charge >= 0.3 is 11.9 Å². The van der Waals surface area contributed by atoms with Crippen molar-refractivity contribution >= 4 is 22.7 Å². The lowest BCUT2D eigenvalue weighted by Crippen LogP contribution is -2.70. The van der Waals surface area contributed by atoms with Crippen molar-refractivity contribution in [3.05, 3.63) is 23.8 Å². The van der Waals surface area contributed by atoms with Crippen molar-refractivity contribution in [2.24, 2.45) is 17.6 Å². The molecule has 26 unspecified atom stereocenters. The number of rotatable bonds is 8. The van der Waals surface area contributed by atoms with Gasteiger partial charge in [0.1, 0.15) is 30.0 Å². The number of fused-ring (bicyclic) bond motifs is 10. The summed E-state index contributed by atoms with van der Waals surface area (Å²) in [5.41, 5.74) is 2.93. The average molecular weight is 1030 g/mol. The molecule has 11 heterocycles. The van der Waals surface area contributed by atoms with E-state index in [1.54, 1.807) is 0 Å². The lowest BCUT2D eigenvalue weighted by molar-refractivity contribution is -0.356. The van der Waals surface area contributed by atoms with Gasteiger partial charge in [-0.05, 0) is 91.1 Å². The van der Waals surface area contributed by atoms with Gasteiger partial charge in [-0.1, -0.05) is 19.1 Å². The van der Waals surface area contributed by atoms with Gasteiger partial charge in [-0.3, -0.25) is 9.00 Å². The highest BCUT2D eigenvalue weighted by molar-refractivity contribution is 7.85. The van der Waals surface area contributed by atoms with Crippen molar-refractivity contribution in [3.63, 3.8) is 0 Å². The molecule has 26 atom stereocenters. The summed E-state index contributed by atoms with van der Waals surface area (Å²) in [7, 11) is -1.55. The average Bonchev–Trinajstić information content (AvgIpc) is 3.51. The zero-order valence-electron chi connectivity index (χ0n) is 42.9. The monoisotopic (exact) mass is 1030 g/mol. The zero-order valence-corrected chi connectivity index (χ0v) is 43.7. The van der Waals surface area contributed by atoms with E-state index in [4.69, 9.17) is 62.9 Å². The van der Waals surface area contributed by atoms with E-state index < -0.39 is 75.0 Å². The number of ether oxygens (including phenoxy) is 11. The van der Waals surface area contributed by atoms with Gasteiger partial charge < -0.3 is 73.2 Å². The summed E-state index contributed by atoms with van der Waals surface area (Å²) in [6.07, 6.45) is 7.32. The topological polar surface area (TPSA) is 239 Å². The normalized spacial score (nSPS) is 53.4. The van der Waals surface area contributed by atoms with Crippen LogP contribution >= 0.6 is 0 Å². The first-order valence-corrected chi connectivity index (χ1v) is 28.4. The van der Waals surface area contributed by atoms with E-state index in [-0.39, 0.29) is 122 Å². The Bertz CT molecular complexity index is 2170. The fourth-order valence-corrected chi connectivity index (χ4v) is 16.3. The molecule has 9 saturated heterocycles. The highest BCUT2D eigenvalue weighted by Gasteiger charge is 2.64. The van der Waals surface area contributed by atoms with Gasteiger partial charge in [0.15, 0.2) is 0 Å². The lowest BCUT2D eigenvalue weighted by Gasteiger charge is -2.60. The number of aliphatic hydroxyl groups excluding tert-OH is 2. The van der Waals surface area contributed by atoms with Crippen LogP contribution in [-0.4, -0.2) is 187 Å². The van der Waals surface area contributed by atoms with Crippen LogP contribution in [-0.2, 0) is 72.5 Å². The minimum atomic E-state index is -1.55. The Kier molecular flexibility index (Phi) is 13.9. The molecule has 404 valence electrons. The third kappa shape index (κ3) is 9.44. The number of hydrogen-bond acceptors (Lipinski definition) is 17. The van der Waals surface area contributed by atoms with E-state index in [0.717, 1.165) is 24.8 Å². The summed E-state index contributed by atoms with van der Waals surface area (Å²) in [5.74, 6) is -1.96. The molecule has 72 heavy (non-hydrogen) atoms. The second kappa shape index (κ2) is 19.2. The Balaban J connectivity index is 0.740. The van der Waals surface area contributed by atoms with Crippen LogP contribution in [0.15, 0.2) is 23.8 Å². The highest BCUT2D eigenvalue weighted by Crippen LogP contribution is 2.55. The number of nitrogens with two attached hydrogens (primary N) is 1. The Morgan fingerprint density at radius 3 is 2.29 bits per heavy atom. The van der Waals surface area contributed by atoms with Crippen LogP contribution in [0.1, 0.15) is 126 Å². The molecule has 11 aliphatic rings. The van der Waals surface area contributed by atoms with Crippen LogP contribution in [0.4, 0.5) is 0 Å². The molecule has 5 N–H and O–H groups in total. The van der Waals surface area contributed by atoms with Crippen molar-refractivity contribution < 1.29 is 81.2 Å². The molecule has 0 bridgehead atoms. The molecule has 0 spiro atoms. The van der Waals surface area contributed by atoms with Crippen LogP contribution in [0.2, 0.25) is 0 Å². The number of aliphatic hydroxyl groups is 2. The van der Waals surface area contributed by atoms with E-state index in [0.29, 0.717) is 51.4 Å². The summed E-state index contributed by atoms with van der Waals surface area (Å²) < 4.78 is 88.7. The van der Waals surface area contributed by atoms with E-state index >= 15 is 0 Å². The number of carboxylic acid groups (broad SMARTS) is 1. The third-order valence-electron chi connectivity index (χ3n) is 19.1. The smallest absolute Gasteiger partial charge is 0.331 e. The molecule has 0 amide bonds. The number of esters is 1. The summed E-state index contributed by atoms with van der Waals surface area (Å²) in [4.78, 5) is 23.5. The second-order valence-corrected chi connectivity index (χ2v) is 26.3. The van der Waals surface area contributed by atoms with Gasteiger partial charge in [-0.25, -0.2) is 4.79 Å². The van der Waals surface area contributed by atoms with Crippen molar-refractivity contribution in [1.82, 2.24) is 0 Å². The van der Waals surface area contributed by atoms with E-state index in [2.05, 4.69) is 46.8 Å². The highest BCUT2D eigenvalue weighted by atomic mass is 32.2. The predicted octanol–water partition coefficient (Wildman–Crippen LogP) is 3.49. The SMILES string of the molecule is CC1=CC(=O)OC2CC3OC4CC(C)C5OC6CC7OC8(C)C/C=C\C9OC%10CC%11OC(CC(CO)CS(=O)CC(N)C(=O)O)CC(O)C%11(C)OC%10CC9OC8CC7(C)OC6(C)CCC5OC4CC3(C)OC12. The quantitative estimate of drug-likeness (QED) is 0.201. The lowest BCUT2D eigenvalue weighted by atomic mass is 9.72. The van der Waals surface area contributed by atoms with Gasteiger partial charge in [-0.15, -0.1) is 0 Å². The van der Waals surface area contributed by atoms with Crippen LogP contribution < -0.4 is 5.73 Å². The molecule has 0 aromatic heterocycles. The summed E-state index contributed by atoms with van der Waals surface area (Å²) in [6.45, 7) is 14.4. The molecule has 0 aromatic carbocycles. The molecule has 0 saturated carbocycles. The predicted molar refractivity (Wildman–Crippen MR) is 257 cm³/mol. The van der Waals surface area contributed by atoms with E-state index in [9.17, 15) is 24.0 Å². The van der Waals surface area contributed by atoms with Gasteiger partial charge in [0.25, 0.3) is 0 Å². The minimum absolute atomic E-state index is 0.0772. The minimum Gasteiger partial charge on any atom is -0.480 e. The number of carbonyl (C=O) groups is 2. The molecule has 18 nitrogen and oxygen atoms in total.